The molecule has 1 unspecified atom stereocenters. The molecule has 0 heterocycles. The summed E-state index contributed by atoms with van der Waals surface area (Å²) in [6, 6.07) is 9.19. The monoisotopic (exact) mass is 232 g/mol. The van der Waals surface area contributed by atoms with Crippen LogP contribution in [0.4, 0.5) is 0 Å². The van der Waals surface area contributed by atoms with Gasteiger partial charge in [-0.25, -0.2) is 0 Å². The van der Waals surface area contributed by atoms with Gasteiger partial charge in [-0.1, -0.05) is 0 Å². The molecule has 0 aliphatic heterocycles. The molecule has 4 heteroatoms. The maximum atomic E-state index is 10.8. The molecule has 0 aliphatic rings. The topological polar surface area (TPSA) is 34.1 Å². The van der Waals surface area contributed by atoms with Crippen LogP contribution < -0.4 is 0 Å². The van der Waals surface area contributed by atoms with Crippen molar-refractivity contribution >= 4 is 23.8 Å². The first kappa shape index (κ1) is 8.82. The molecule has 1 aromatic carbocycles. The molecule has 0 aromatic heterocycles. The molecule has 2 nitrogen and oxygen atoms in total. The Morgan fingerprint density at radius 3 is 2.18 bits per heavy atom. The molecule has 0 spiro atoms. The molecule has 0 aliphatic carbocycles. The van der Waals surface area contributed by atoms with Gasteiger partial charge in [0.05, 0.1) is 0 Å². The minimum atomic E-state index is -2.81. The van der Waals surface area contributed by atoms with Gasteiger partial charge in [-0.2, -0.15) is 0 Å². The van der Waals surface area contributed by atoms with Crippen molar-refractivity contribution in [3.05, 3.63) is 35.9 Å². The Kier molecular flexibility index (Phi) is 2.74. The minimum absolute atomic E-state index is 0.161. The van der Waals surface area contributed by atoms with Crippen LogP contribution in [0, 0.1) is 0 Å². The number of benzene rings is 1. The first-order chi connectivity index (χ1) is 5.08. The van der Waals surface area contributed by atoms with Crippen LogP contribution in [0.3, 0.4) is 0 Å². The van der Waals surface area contributed by atoms with Crippen molar-refractivity contribution in [3.8, 4) is 0 Å². The molecule has 1 rings (SSSR count). The molecule has 0 amide bonds. The van der Waals surface area contributed by atoms with E-state index >= 15 is 0 Å². The zero-order valence-corrected chi connectivity index (χ0v) is 9.14. The summed E-state index contributed by atoms with van der Waals surface area (Å²) in [5.41, 5.74) is 0.858. The van der Waals surface area contributed by atoms with E-state index in [2.05, 4.69) is 0 Å². The Morgan fingerprint density at radius 2 is 1.73 bits per heavy atom. The fourth-order valence-electron chi connectivity index (χ4n) is 0.807. The third-order valence-electron chi connectivity index (χ3n) is 1.21. The van der Waals surface area contributed by atoms with Gasteiger partial charge < -0.3 is 0 Å². The van der Waals surface area contributed by atoms with Crippen molar-refractivity contribution in [2.75, 3.05) is 0 Å². The maximum absolute atomic E-state index is 10.8. The number of rotatable bonds is 2. The van der Waals surface area contributed by atoms with Crippen LogP contribution in [0.1, 0.15) is 5.56 Å². The van der Waals surface area contributed by atoms with Crippen LogP contribution in [0.25, 0.3) is 0 Å². The molecule has 0 saturated heterocycles. The Bertz CT molecular complexity index is 318. The van der Waals surface area contributed by atoms with Crippen molar-refractivity contribution < 1.29 is 8.42 Å². The quantitative estimate of drug-likeness (QED) is 0.680. The van der Waals surface area contributed by atoms with Crippen LogP contribution in [0.5, 0.6) is 0 Å². The molecule has 0 bridgehead atoms. The molecule has 0 fully saturated rings. The fraction of sp³-hybridized carbons (Fsp3) is 0.143. The van der Waals surface area contributed by atoms with Crippen LogP contribution in [0.15, 0.2) is 30.3 Å². The Morgan fingerprint density at radius 1 is 1.18 bits per heavy atom. The van der Waals surface area contributed by atoms with E-state index in [1.54, 1.807) is 0 Å². The van der Waals surface area contributed by atoms with Gasteiger partial charge in [0, 0.05) is 0 Å². The van der Waals surface area contributed by atoms with E-state index in [0.717, 1.165) is 21.3 Å². The molecule has 0 saturated carbocycles. The van der Waals surface area contributed by atoms with Gasteiger partial charge in [-0.05, 0) is 0 Å². The zero-order chi connectivity index (χ0) is 8.32. The predicted octanol–water partition coefficient (Wildman–Crippen LogP) is 0.149. The first-order valence-corrected chi connectivity index (χ1v) is 7.80. The van der Waals surface area contributed by atoms with Gasteiger partial charge >= 0.3 is 73.9 Å². The molecule has 1 atom stereocenters. The van der Waals surface area contributed by atoms with Crippen LogP contribution in [-0.4, -0.2) is 24.1 Å². The van der Waals surface area contributed by atoms with E-state index in [1.807, 2.05) is 30.3 Å². The fourth-order valence-corrected chi connectivity index (χ4v) is 2.67. The Hall–Kier alpha value is -0.272. The van der Waals surface area contributed by atoms with E-state index in [4.69, 9.17) is 0 Å². The normalized spacial score (nSPS) is 11.4. The van der Waals surface area contributed by atoms with Crippen molar-refractivity contribution in [2.24, 2.45) is 0 Å². The summed E-state index contributed by atoms with van der Waals surface area (Å²) in [5.74, 6) is 0.161. The van der Waals surface area contributed by atoms with E-state index in [1.165, 1.54) is 0 Å². The van der Waals surface area contributed by atoms with Gasteiger partial charge in [0.1, 0.15) is 0 Å². The second-order valence-corrected chi connectivity index (χ2v) is 8.43. The van der Waals surface area contributed by atoms with E-state index in [0.29, 0.717) is 0 Å². The summed E-state index contributed by atoms with van der Waals surface area (Å²) >= 11 is 0.786. The zero-order valence-electron chi connectivity index (χ0n) is 5.90. The molecule has 1 aromatic rings. The average Bonchev–Trinajstić information content (AvgIpc) is 1.85. The summed E-state index contributed by atoms with van der Waals surface area (Å²) in [6.45, 7) is 0. The second-order valence-electron chi connectivity index (χ2n) is 2.29. The van der Waals surface area contributed by atoms with Gasteiger partial charge in [-0.3, -0.25) is 0 Å². The van der Waals surface area contributed by atoms with E-state index in [9.17, 15) is 8.42 Å². The van der Waals surface area contributed by atoms with Crippen LogP contribution >= 0.6 is 0 Å². The van der Waals surface area contributed by atoms with Crippen molar-refractivity contribution in [3.63, 3.8) is 0 Å². The van der Waals surface area contributed by atoms with Crippen LogP contribution in [0.2, 0.25) is 0 Å². The molecule has 0 radical (unpaired) electrons. The van der Waals surface area contributed by atoms with E-state index in [-0.39, 0.29) is 5.75 Å². The summed E-state index contributed by atoms with van der Waals surface area (Å²) in [5, 5.41) is 0. The Balaban J connectivity index is 2.82. The predicted molar refractivity (Wildman–Crippen MR) is 47.6 cm³/mol. The third kappa shape index (κ3) is 3.59. The summed E-state index contributed by atoms with van der Waals surface area (Å²) in [7, 11) is -2.81. The SMILES string of the molecule is O=S(=O)([AsH2])Cc1ccccc1. The van der Waals surface area contributed by atoms with Crippen molar-refractivity contribution in [1.29, 1.82) is 0 Å². The number of hydrogen-bond acceptors (Lipinski definition) is 2. The first-order valence-electron chi connectivity index (χ1n) is 3.12. The standard InChI is InChI=1S/C7H9AsO2S/c8-11(9,10)6-7-4-2-1-3-5-7/h1-5H,6,8H2. The van der Waals surface area contributed by atoms with E-state index < -0.39 is 8.10 Å². The molecular formula is C7H9AsO2S. The van der Waals surface area contributed by atoms with Gasteiger partial charge in [0.2, 0.25) is 0 Å². The van der Waals surface area contributed by atoms with Gasteiger partial charge in [0.15, 0.2) is 0 Å². The summed E-state index contributed by atoms with van der Waals surface area (Å²) < 4.78 is 21.7. The Labute approximate surface area is 74.0 Å². The van der Waals surface area contributed by atoms with Gasteiger partial charge in [0.25, 0.3) is 0 Å². The third-order valence-corrected chi connectivity index (χ3v) is 3.00. The molecular weight excluding hydrogens is 223 g/mol. The average molecular weight is 232 g/mol. The van der Waals surface area contributed by atoms with Gasteiger partial charge in [-0.15, -0.1) is 0 Å². The molecule has 0 N–H and O–H groups in total. The van der Waals surface area contributed by atoms with Crippen molar-refractivity contribution in [1.82, 2.24) is 0 Å². The summed E-state index contributed by atoms with van der Waals surface area (Å²) in [4.78, 5) is 0. The molecule has 11 heavy (non-hydrogen) atoms. The van der Waals surface area contributed by atoms with Crippen molar-refractivity contribution in [2.45, 2.75) is 5.75 Å². The summed E-state index contributed by atoms with van der Waals surface area (Å²) in [6.07, 6.45) is 0. The second kappa shape index (κ2) is 3.42. The number of hydrogen-bond donors (Lipinski definition) is 0. The molecule has 60 valence electrons. The van der Waals surface area contributed by atoms with Crippen LogP contribution in [-0.2, 0) is 13.9 Å².